The Balaban J connectivity index is 0.000000346. The van der Waals surface area contributed by atoms with Gasteiger partial charge in [-0.05, 0) is 74.0 Å². The van der Waals surface area contributed by atoms with Crippen LogP contribution in [0.4, 0.5) is 0 Å². The van der Waals surface area contributed by atoms with Gasteiger partial charge < -0.3 is 23.6 Å². The molecular weight excluding hydrogens is 435 g/mol. The minimum absolute atomic E-state index is 0.137. The van der Waals surface area contributed by atoms with E-state index in [2.05, 4.69) is 4.74 Å². The zero-order valence-electron chi connectivity index (χ0n) is 16.9. The lowest BCUT2D eigenvalue weighted by atomic mass is 10.2. The number of carbonyl (C=O) groups excluding carboxylic acids is 2. The molecule has 0 saturated carbocycles. The summed E-state index contributed by atoms with van der Waals surface area (Å²) < 4.78 is 32.1. The molecular formula is C20H24ClO8P. The third kappa shape index (κ3) is 8.97. The molecule has 10 heteroatoms. The molecule has 0 amide bonds. The number of methoxy groups -OCH3 is 1. The first-order chi connectivity index (χ1) is 14.2. The molecule has 2 rings (SSSR count). The fourth-order valence-electron chi connectivity index (χ4n) is 2.06. The molecule has 0 aliphatic rings. The van der Waals surface area contributed by atoms with E-state index in [4.69, 9.17) is 30.5 Å². The smallest absolute Gasteiger partial charge is 0.367 e. The van der Waals surface area contributed by atoms with Crippen molar-refractivity contribution in [3.8, 4) is 11.5 Å². The number of benzene rings is 2. The quantitative estimate of drug-likeness (QED) is 0.323. The predicted molar refractivity (Wildman–Crippen MR) is 112 cm³/mol. The van der Waals surface area contributed by atoms with Gasteiger partial charge in [0.2, 0.25) is 0 Å². The van der Waals surface area contributed by atoms with Gasteiger partial charge in [-0.15, -0.1) is 0 Å². The van der Waals surface area contributed by atoms with Crippen molar-refractivity contribution in [3.63, 3.8) is 0 Å². The maximum atomic E-state index is 12.1. The standard InChI is InChI=1S/C12H16ClO5P.C8H8O3/c1-3-17-19(15,18-4-2)9-16-11-7-5-10(6-8-11)12(13)14;1-11-8(10)6-2-4-7(9)5-3-6/h5-8H,3-4,9H2,1-2H3;2-5,9H,1H3. The maximum Gasteiger partial charge on any atom is 0.367 e. The van der Waals surface area contributed by atoms with Crippen molar-refractivity contribution in [2.24, 2.45) is 0 Å². The number of phenols is 1. The Labute approximate surface area is 180 Å². The maximum absolute atomic E-state index is 12.1. The van der Waals surface area contributed by atoms with Gasteiger partial charge >= 0.3 is 13.6 Å². The summed E-state index contributed by atoms with van der Waals surface area (Å²) >= 11 is 5.32. The van der Waals surface area contributed by atoms with Gasteiger partial charge in [0, 0.05) is 5.56 Å². The van der Waals surface area contributed by atoms with Gasteiger partial charge in [0.1, 0.15) is 11.5 Å². The number of rotatable bonds is 9. The van der Waals surface area contributed by atoms with Crippen LogP contribution < -0.4 is 4.74 Å². The highest BCUT2D eigenvalue weighted by molar-refractivity contribution is 7.53. The molecule has 0 unspecified atom stereocenters. The molecule has 0 aliphatic carbocycles. The summed E-state index contributed by atoms with van der Waals surface area (Å²) in [6, 6.07) is 12.1. The summed E-state index contributed by atoms with van der Waals surface area (Å²) in [6.07, 6.45) is -0.178. The van der Waals surface area contributed by atoms with Crippen molar-refractivity contribution in [1.29, 1.82) is 0 Å². The van der Waals surface area contributed by atoms with Gasteiger partial charge in [-0.2, -0.15) is 0 Å². The van der Waals surface area contributed by atoms with Crippen LogP contribution >= 0.6 is 19.2 Å². The third-order valence-electron chi connectivity index (χ3n) is 3.41. The molecule has 164 valence electrons. The van der Waals surface area contributed by atoms with Crippen LogP contribution in [0.1, 0.15) is 34.6 Å². The van der Waals surface area contributed by atoms with E-state index in [9.17, 15) is 14.2 Å². The molecule has 0 heterocycles. The number of aromatic hydroxyl groups is 1. The Morgan fingerprint density at radius 1 is 0.933 bits per heavy atom. The molecule has 0 atom stereocenters. The second kappa shape index (κ2) is 13.0. The molecule has 30 heavy (non-hydrogen) atoms. The van der Waals surface area contributed by atoms with Crippen LogP contribution in [-0.4, -0.2) is 43.0 Å². The minimum atomic E-state index is -3.23. The van der Waals surface area contributed by atoms with Gasteiger partial charge in [-0.25, -0.2) is 4.79 Å². The molecule has 8 nitrogen and oxygen atoms in total. The lowest BCUT2D eigenvalue weighted by Gasteiger charge is -2.17. The van der Waals surface area contributed by atoms with Gasteiger partial charge in [-0.3, -0.25) is 9.36 Å². The van der Waals surface area contributed by atoms with Crippen molar-refractivity contribution >= 4 is 30.4 Å². The third-order valence-corrected chi connectivity index (χ3v) is 5.38. The zero-order chi connectivity index (χ0) is 22.6. The van der Waals surface area contributed by atoms with Gasteiger partial charge in [0.05, 0.1) is 25.9 Å². The Morgan fingerprint density at radius 3 is 1.87 bits per heavy atom. The van der Waals surface area contributed by atoms with E-state index < -0.39 is 18.8 Å². The summed E-state index contributed by atoms with van der Waals surface area (Å²) in [5, 5.41) is 8.32. The largest absolute Gasteiger partial charge is 0.508 e. The highest BCUT2D eigenvalue weighted by atomic mass is 35.5. The summed E-state index contributed by atoms with van der Waals surface area (Å²) in [5.41, 5.74) is 0.803. The molecule has 0 aliphatic heterocycles. The van der Waals surface area contributed by atoms with E-state index in [0.717, 1.165) is 0 Å². The number of phenolic OH excluding ortho intramolecular Hbond substituents is 1. The number of esters is 1. The van der Waals surface area contributed by atoms with Crippen LogP contribution in [0.5, 0.6) is 11.5 Å². The van der Waals surface area contributed by atoms with Crippen LogP contribution in [0.3, 0.4) is 0 Å². The van der Waals surface area contributed by atoms with Crippen LogP contribution in [-0.2, 0) is 18.3 Å². The molecule has 2 aromatic carbocycles. The van der Waals surface area contributed by atoms with Crippen LogP contribution in [0.25, 0.3) is 0 Å². The van der Waals surface area contributed by atoms with Crippen molar-refractivity contribution in [2.45, 2.75) is 13.8 Å². The Bertz CT molecular complexity index is 842. The van der Waals surface area contributed by atoms with Gasteiger partial charge in [0.15, 0.2) is 6.35 Å². The van der Waals surface area contributed by atoms with E-state index in [1.165, 1.54) is 43.5 Å². The monoisotopic (exact) mass is 458 g/mol. The molecule has 0 aromatic heterocycles. The Hall–Kier alpha value is -2.38. The average Bonchev–Trinajstić information content (AvgIpc) is 2.73. The topological polar surface area (TPSA) is 108 Å². The highest BCUT2D eigenvalue weighted by Crippen LogP contribution is 2.47. The molecule has 0 radical (unpaired) electrons. The van der Waals surface area contributed by atoms with Crippen molar-refractivity contribution in [1.82, 2.24) is 0 Å². The van der Waals surface area contributed by atoms with Crippen LogP contribution in [0.15, 0.2) is 48.5 Å². The molecule has 0 saturated heterocycles. The molecule has 0 spiro atoms. The fraction of sp³-hybridized carbons (Fsp3) is 0.300. The minimum Gasteiger partial charge on any atom is -0.508 e. The van der Waals surface area contributed by atoms with Crippen LogP contribution in [0, 0.1) is 0 Å². The zero-order valence-corrected chi connectivity index (χ0v) is 18.5. The first kappa shape index (κ1) is 25.7. The second-order valence-corrected chi connectivity index (χ2v) is 7.90. The van der Waals surface area contributed by atoms with E-state index in [1.807, 2.05) is 0 Å². The summed E-state index contributed by atoms with van der Waals surface area (Å²) in [7, 11) is -1.92. The number of hydrogen-bond acceptors (Lipinski definition) is 8. The lowest BCUT2D eigenvalue weighted by molar-refractivity contribution is 0.0600. The van der Waals surface area contributed by atoms with Crippen LogP contribution in [0.2, 0.25) is 0 Å². The van der Waals surface area contributed by atoms with Gasteiger partial charge in [0.25, 0.3) is 5.24 Å². The summed E-state index contributed by atoms with van der Waals surface area (Å²) in [5.74, 6) is 0.198. The number of carbonyl (C=O) groups is 2. The van der Waals surface area contributed by atoms with Crippen molar-refractivity contribution in [3.05, 3.63) is 59.7 Å². The average molecular weight is 459 g/mol. The number of halogens is 1. The van der Waals surface area contributed by atoms with Crippen molar-refractivity contribution in [2.75, 3.05) is 26.7 Å². The SMILES string of the molecule is CCOP(=O)(COc1ccc(C(=O)Cl)cc1)OCC.COC(=O)c1ccc(O)cc1. The predicted octanol–water partition coefficient (Wildman–Crippen LogP) is 4.85. The molecule has 2 aromatic rings. The summed E-state index contributed by atoms with van der Waals surface area (Å²) in [6.45, 7) is 4.01. The lowest BCUT2D eigenvalue weighted by Crippen LogP contribution is -2.05. The van der Waals surface area contributed by atoms with E-state index >= 15 is 0 Å². The highest BCUT2D eigenvalue weighted by Gasteiger charge is 2.24. The molecule has 0 fully saturated rings. The molecule has 1 N–H and O–H groups in total. The van der Waals surface area contributed by atoms with E-state index in [1.54, 1.807) is 26.0 Å². The summed E-state index contributed by atoms with van der Waals surface area (Å²) in [4.78, 5) is 21.7. The van der Waals surface area contributed by atoms with Crippen molar-refractivity contribution < 1.29 is 37.8 Å². The molecule has 0 bridgehead atoms. The Kier molecular flexibility index (Phi) is 11.1. The second-order valence-electron chi connectivity index (χ2n) is 5.56. The number of ether oxygens (including phenoxy) is 2. The first-order valence-electron chi connectivity index (χ1n) is 8.92. The first-order valence-corrected chi connectivity index (χ1v) is 11.0. The Morgan fingerprint density at radius 2 is 1.43 bits per heavy atom. The van der Waals surface area contributed by atoms with E-state index in [0.29, 0.717) is 16.9 Å². The normalized spacial score (nSPS) is 10.5. The van der Waals surface area contributed by atoms with Gasteiger partial charge in [-0.1, -0.05) is 0 Å². The number of hydrogen-bond donors (Lipinski definition) is 1. The fourth-order valence-corrected chi connectivity index (χ4v) is 3.50. The van der Waals surface area contributed by atoms with E-state index in [-0.39, 0.29) is 25.3 Å².